The molecule has 5 heteroatoms. The molecule has 0 radical (unpaired) electrons. The Balaban J connectivity index is 2.98. The van der Waals surface area contributed by atoms with Crippen LogP contribution in [-0.2, 0) is 4.79 Å². The number of carbonyl (C=O) groups excluding carboxylic acids is 1. The molecule has 15 heavy (non-hydrogen) atoms. The molecule has 0 aromatic heterocycles. The summed E-state index contributed by atoms with van der Waals surface area (Å²) in [5, 5.41) is 11.1. The summed E-state index contributed by atoms with van der Waals surface area (Å²) < 4.78 is 0. The van der Waals surface area contributed by atoms with Gasteiger partial charge in [0.05, 0.1) is 11.3 Å². The Labute approximate surface area is 97.6 Å². The molecule has 1 atom stereocenters. The van der Waals surface area contributed by atoms with E-state index in [1.807, 2.05) is 6.07 Å². The third-order valence-corrected chi connectivity index (χ3v) is 2.15. The van der Waals surface area contributed by atoms with Gasteiger partial charge in [-0.25, -0.2) is 0 Å². The van der Waals surface area contributed by atoms with Gasteiger partial charge in [0.25, 0.3) is 0 Å². The van der Waals surface area contributed by atoms with Gasteiger partial charge in [-0.3, -0.25) is 4.79 Å². The molecule has 0 saturated carbocycles. The van der Waals surface area contributed by atoms with Crippen molar-refractivity contribution in [2.24, 2.45) is 0 Å². The lowest BCUT2D eigenvalue weighted by Crippen LogP contribution is -2.20. The van der Waals surface area contributed by atoms with Crippen LogP contribution in [0.1, 0.15) is 12.5 Å². The number of rotatable bonds is 2. The van der Waals surface area contributed by atoms with Crippen LogP contribution >= 0.6 is 23.2 Å². The highest BCUT2D eigenvalue weighted by Crippen LogP contribution is 2.20. The van der Waals surface area contributed by atoms with Gasteiger partial charge in [-0.1, -0.05) is 11.6 Å². The Hall–Kier alpha value is -1.24. The molecule has 0 aliphatic heterocycles. The number of nitrogens with zero attached hydrogens (tertiary/aromatic N) is 1. The highest BCUT2D eigenvalue weighted by molar-refractivity contribution is 6.33. The largest absolute Gasteiger partial charge is 0.324 e. The lowest BCUT2D eigenvalue weighted by Gasteiger charge is -2.08. The van der Waals surface area contributed by atoms with E-state index in [9.17, 15) is 4.79 Å². The number of amides is 1. The second kappa shape index (κ2) is 5.01. The van der Waals surface area contributed by atoms with Crippen molar-refractivity contribution in [2.45, 2.75) is 12.3 Å². The maximum absolute atomic E-state index is 11.3. The summed E-state index contributed by atoms with van der Waals surface area (Å²) in [4.78, 5) is 11.3. The smallest absolute Gasteiger partial charge is 0.242 e. The minimum Gasteiger partial charge on any atom is -0.324 e. The summed E-state index contributed by atoms with van der Waals surface area (Å²) in [5.74, 6) is -0.365. The summed E-state index contributed by atoms with van der Waals surface area (Å²) >= 11 is 11.3. The fourth-order valence-electron chi connectivity index (χ4n) is 0.950. The number of anilines is 1. The lowest BCUT2D eigenvalue weighted by molar-refractivity contribution is -0.115. The molecule has 0 bridgehead atoms. The van der Waals surface area contributed by atoms with E-state index in [0.29, 0.717) is 16.3 Å². The van der Waals surface area contributed by atoms with Crippen LogP contribution in [0.4, 0.5) is 5.69 Å². The SMILES string of the molecule is CC(Cl)C(=O)Nc1cc(Cl)ccc1C#N. The monoisotopic (exact) mass is 242 g/mol. The highest BCUT2D eigenvalue weighted by atomic mass is 35.5. The van der Waals surface area contributed by atoms with Gasteiger partial charge in [0.15, 0.2) is 0 Å². The molecule has 0 aliphatic rings. The van der Waals surface area contributed by atoms with E-state index in [1.165, 1.54) is 12.1 Å². The summed E-state index contributed by atoms with van der Waals surface area (Å²) in [5.41, 5.74) is 0.729. The van der Waals surface area contributed by atoms with Crippen molar-refractivity contribution in [3.8, 4) is 6.07 Å². The molecular formula is C10H8Cl2N2O. The lowest BCUT2D eigenvalue weighted by atomic mass is 10.2. The summed E-state index contributed by atoms with van der Waals surface area (Å²) in [6.07, 6.45) is 0. The minimum atomic E-state index is -0.657. The molecule has 3 nitrogen and oxygen atoms in total. The molecule has 1 aromatic rings. The first-order valence-corrected chi connectivity index (χ1v) is 5.00. The van der Waals surface area contributed by atoms with E-state index in [-0.39, 0.29) is 5.91 Å². The topological polar surface area (TPSA) is 52.9 Å². The van der Waals surface area contributed by atoms with Crippen LogP contribution in [-0.4, -0.2) is 11.3 Å². The number of hydrogen-bond donors (Lipinski definition) is 1. The molecule has 0 spiro atoms. The number of benzene rings is 1. The maximum Gasteiger partial charge on any atom is 0.242 e. The zero-order valence-corrected chi connectivity index (χ0v) is 9.43. The Morgan fingerprint density at radius 1 is 1.60 bits per heavy atom. The molecule has 1 aromatic carbocycles. The van der Waals surface area contributed by atoms with Gasteiger partial charge in [-0.15, -0.1) is 11.6 Å². The van der Waals surface area contributed by atoms with Crippen molar-refractivity contribution in [1.82, 2.24) is 0 Å². The first kappa shape index (κ1) is 11.8. The number of hydrogen-bond acceptors (Lipinski definition) is 2. The van der Waals surface area contributed by atoms with E-state index in [0.717, 1.165) is 0 Å². The standard InChI is InChI=1S/C10H8Cl2N2O/c1-6(11)10(15)14-9-4-8(12)3-2-7(9)5-13/h2-4,6H,1H3,(H,14,15). The zero-order valence-electron chi connectivity index (χ0n) is 7.92. The fourth-order valence-corrected chi connectivity index (χ4v) is 1.18. The summed E-state index contributed by atoms with van der Waals surface area (Å²) in [7, 11) is 0. The summed E-state index contributed by atoms with van der Waals surface area (Å²) in [6.45, 7) is 1.55. The summed E-state index contributed by atoms with van der Waals surface area (Å²) in [6, 6.07) is 6.58. The third-order valence-electron chi connectivity index (χ3n) is 1.72. The van der Waals surface area contributed by atoms with Crippen LogP contribution in [0.15, 0.2) is 18.2 Å². The number of alkyl halides is 1. The second-order valence-electron chi connectivity index (χ2n) is 2.91. The quantitative estimate of drug-likeness (QED) is 0.812. The Morgan fingerprint density at radius 3 is 2.80 bits per heavy atom. The number of nitriles is 1. The fraction of sp³-hybridized carbons (Fsp3) is 0.200. The first-order valence-electron chi connectivity index (χ1n) is 4.19. The van der Waals surface area contributed by atoms with Crippen molar-refractivity contribution in [3.63, 3.8) is 0 Å². The molecule has 1 rings (SSSR count). The Morgan fingerprint density at radius 2 is 2.27 bits per heavy atom. The van der Waals surface area contributed by atoms with Crippen LogP contribution in [0.3, 0.4) is 0 Å². The number of halogens is 2. The normalized spacial score (nSPS) is 11.6. The van der Waals surface area contributed by atoms with Crippen molar-refractivity contribution in [1.29, 1.82) is 5.26 Å². The van der Waals surface area contributed by atoms with Crippen LogP contribution < -0.4 is 5.32 Å². The number of nitrogens with one attached hydrogen (secondary N) is 1. The predicted octanol–water partition coefficient (Wildman–Crippen LogP) is 2.78. The number of carbonyl (C=O) groups is 1. The molecule has 1 amide bonds. The third kappa shape index (κ3) is 3.12. The van der Waals surface area contributed by atoms with Crippen LogP contribution in [0.5, 0.6) is 0 Å². The van der Waals surface area contributed by atoms with E-state index in [1.54, 1.807) is 13.0 Å². The molecule has 0 fully saturated rings. The minimum absolute atomic E-state index is 0.352. The van der Waals surface area contributed by atoms with Gasteiger partial charge in [0, 0.05) is 5.02 Å². The van der Waals surface area contributed by atoms with Crippen molar-refractivity contribution in [2.75, 3.05) is 5.32 Å². The van der Waals surface area contributed by atoms with Crippen molar-refractivity contribution < 1.29 is 4.79 Å². The Bertz CT molecular complexity index is 424. The average Bonchev–Trinajstić information content (AvgIpc) is 2.18. The first-order chi connectivity index (χ1) is 7.04. The van der Waals surface area contributed by atoms with Gasteiger partial charge >= 0.3 is 0 Å². The highest BCUT2D eigenvalue weighted by Gasteiger charge is 2.11. The van der Waals surface area contributed by atoms with Gasteiger partial charge < -0.3 is 5.32 Å². The second-order valence-corrected chi connectivity index (χ2v) is 4.00. The van der Waals surface area contributed by atoms with E-state index < -0.39 is 5.38 Å². The van der Waals surface area contributed by atoms with Crippen LogP contribution in [0, 0.1) is 11.3 Å². The predicted molar refractivity (Wildman–Crippen MR) is 60.1 cm³/mol. The molecule has 1 unspecified atom stereocenters. The van der Waals surface area contributed by atoms with Crippen LogP contribution in [0.25, 0.3) is 0 Å². The molecule has 78 valence electrons. The van der Waals surface area contributed by atoms with E-state index in [2.05, 4.69) is 5.32 Å². The molecule has 0 heterocycles. The van der Waals surface area contributed by atoms with Gasteiger partial charge in [-0.05, 0) is 25.1 Å². The van der Waals surface area contributed by atoms with Gasteiger partial charge in [0.1, 0.15) is 11.4 Å². The molecule has 0 saturated heterocycles. The van der Waals surface area contributed by atoms with Gasteiger partial charge in [0.2, 0.25) is 5.91 Å². The van der Waals surface area contributed by atoms with Gasteiger partial charge in [-0.2, -0.15) is 5.26 Å². The molecule has 0 aliphatic carbocycles. The van der Waals surface area contributed by atoms with Crippen molar-refractivity contribution in [3.05, 3.63) is 28.8 Å². The molecular weight excluding hydrogens is 235 g/mol. The Kier molecular flexibility index (Phi) is 3.96. The molecule has 1 N–H and O–H groups in total. The average molecular weight is 243 g/mol. The zero-order chi connectivity index (χ0) is 11.4. The van der Waals surface area contributed by atoms with E-state index in [4.69, 9.17) is 28.5 Å². The van der Waals surface area contributed by atoms with Crippen molar-refractivity contribution >= 4 is 34.8 Å². The maximum atomic E-state index is 11.3. The van der Waals surface area contributed by atoms with Crippen LogP contribution in [0.2, 0.25) is 5.02 Å². The van der Waals surface area contributed by atoms with E-state index >= 15 is 0 Å².